The van der Waals surface area contributed by atoms with Crippen LogP contribution in [0.25, 0.3) is 10.9 Å². The summed E-state index contributed by atoms with van der Waals surface area (Å²) in [6.45, 7) is 5.64. The standard InChI is InChI=1S/C27H22Br2N4O6/c1-27(2,3)26-31-21-8-7-18(28)12-19(21)24(34)32(26)30-13-16-10-20(29)23(22(11-16)33(37)38)39-14-15-5-4-6-17(9-15)25(35)36/h4-13H,14H2,1-3H3,(H,35,36). The van der Waals surface area contributed by atoms with Gasteiger partial charge in [-0.3, -0.25) is 14.9 Å². The first-order valence-electron chi connectivity index (χ1n) is 11.6. The molecule has 0 saturated heterocycles. The van der Waals surface area contributed by atoms with E-state index in [0.29, 0.717) is 27.9 Å². The largest absolute Gasteiger partial charge is 0.481 e. The number of aromatic nitrogens is 2. The van der Waals surface area contributed by atoms with E-state index in [9.17, 15) is 24.8 Å². The van der Waals surface area contributed by atoms with Crippen LogP contribution in [0, 0.1) is 10.1 Å². The lowest BCUT2D eigenvalue weighted by atomic mass is 9.95. The molecule has 1 heterocycles. The Labute approximate surface area is 239 Å². The van der Waals surface area contributed by atoms with Crippen molar-refractivity contribution in [2.45, 2.75) is 32.8 Å². The molecule has 0 atom stereocenters. The normalized spacial score (nSPS) is 11.7. The van der Waals surface area contributed by atoms with E-state index in [-0.39, 0.29) is 33.6 Å². The molecule has 0 radical (unpaired) electrons. The summed E-state index contributed by atoms with van der Waals surface area (Å²) in [6.07, 6.45) is 1.35. The molecule has 0 unspecified atom stereocenters. The van der Waals surface area contributed by atoms with Gasteiger partial charge < -0.3 is 9.84 Å². The number of halogens is 2. The van der Waals surface area contributed by atoms with Crippen LogP contribution >= 0.6 is 31.9 Å². The van der Waals surface area contributed by atoms with Crippen LogP contribution in [0.1, 0.15) is 48.1 Å². The molecule has 1 N–H and O–H groups in total. The number of carbonyl (C=O) groups is 1. The van der Waals surface area contributed by atoms with Gasteiger partial charge in [0.1, 0.15) is 12.4 Å². The van der Waals surface area contributed by atoms with Gasteiger partial charge in [-0.05, 0) is 57.9 Å². The third-order valence-corrected chi connectivity index (χ3v) is 6.68. The number of hydrogen-bond donors (Lipinski definition) is 1. The van der Waals surface area contributed by atoms with Crippen LogP contribution in [0.5, 0.6) is 5.75 Å². The summed E-state index contributed by atoms with van der Waals surface area (Å²) in [4.78, 5) is 40.5. The van der Waals surface area contributed by atoms with E-state index < -0.39 is 16.3 Å². The minimum absolute atomic E-state index is 0.0253. The van der Waals surface area contributed by atoms with Crippen molar-refractivity contribution in [3.05, 3.63) is 107 Å². The zero-order valence-corrected chi connectivity index (χ0v) is 24.2. The van der Waals surface area contributed by atoms with Crippen molar-refractivity contribution < 1.29 is 19.6 Å². The molecular formula is C27H22Br2N4O6. The maximum Gasteiger partial charge on any atom is 0.335 e. The Morgan fingerprint density at radius 3 is 2.59 bits per heavy atom. The van der Waals surface area contributed by atoms with Crippen LogP contribution in [0.3, 0.4) is 0 Å². The number of ether oxygens (including phenoxy) is 1. The predicted octanol–water partition coefficient (Wildman–Crippen LogP) is 6.29. The Bertz CT molecular complexity index is 1710. The molecule has 0 spiro atoms. The Kier molecular flexibility index (Phi) is 7.98. The van der Waals surface area contributed by atoms with Crippen molar-refractivity contribution in [2.75, 3.05) is 0 Å². The molecule has 0 aliphatic rings. The van der Waals surface area contributed by atoms with Gasteiger partial charge in [0.05, 0.1) is 32.1 Å². The van der Waals surface area contributed by atoms with Crippen molar-refractivity contribution in [3.63, 3.8) is 0 Å². The number of nitrogens with zero attached hydrogens (tertiary/aromatic N) is 4. The van der Waals surface area contributed by atoms with Crippen LogP contribution in [-0.2, 0) is 12.0 Å². The minimum Gasteiger partial charge on any atom is -0.481 e. The second-order valence-corrected chi connectivity index (χ2v) is 11.4. The highest BCUT2D eigenvalue weighted by Gasteiger charge is 2.24. The highest BCUT2D eigenvalue weighted by molar-refractivity contribution is 9.10. The van der Waals surface area contributed by atoms with Gasteiger partial charge in [0.25, 0.3) is 5.56 Å². The summed E-state index contributed by atoms with van der Waals surface area (Å²) in [5, 5.41) is 25.8. The number of benzene rings is 3. The molecule has 0 saturated carbocycles. The van der Waals surface area contributed by atoms with E-state index in [1.54, 1.807) is 36.4 Å². The molecule has 0 amide bonds. The Hall–Kier alpha value is -3.90. The van der Waals surface area contributed by atoms with E-state index in [1.807, 2.05) is 20.8 Å². The number of carboxylic acid groups (broad SMARTS) is 1. The van der Waals surface area contributed by atoms with Gasteiger partial charge in [0.2, 0.25) is 5.75 Å². The van der Waals surface area contributed by atoms with Gasteiger partial charge >= 0.3 is 11.7 Å². The summed E-state index contributed by atoms with van der Waals surface area (Å²) < 4.78 is 7.93. The summed E-state index contributed by atoms with van der Waals surface area (Å²) in [6, 6.07) is 14.2. The third-order valence-electron chi connectivity index (χ3n) is 5.60. The van der Waals surface area contributed by atoms with Gasteiger partial charge in [-0.1, -0.05) is 48.8 Å². The van der Waals surface area contributed by atoms with Crippen molar-refractivity contribution in [1.82, 2.24) is 9.66 Å². The zero-order valence-electron chi connectivity index (χ0n) is 21.0. The number of hydrogen-bond acceptors (Lipinski definition) is 7. The topological polar surface area (TPSA) is 137 Å². The van der Waals surface area contributed by atoms with E-state index in [2.05, 4.69) is 41.9 Å². The van der Waals surface area contributed by atoms with Gasteiger partial charge in [-0.15, -0.1) is 0 Å². The van der Waals surface area contributed by atoms with Crippen molar-refractivity contribution in [1.29, 1.82) is 0 Å². The molecule has 0 fully saturated rings. The maximum atomic E-state index is 13.4. The molecule has 10 nitrogen and oxygen atoms in total. The monoisotopic (exact) mass is 656 g/mol. The predicted molar refractivity (Wildman–Crippen MR) is 154 cm³/mol. The van der Waals surface area contributed by atoms with Crippen molar-refractivity contribution in [3.8, 4) is 5.75 Å². The number of aromatic carboxylic acids is 1. The lowest BCUT2D eigenvalue weighted by molar-refractivity contribution is -0.386. The van der Waals surface area contributed by atoms with Crippen molar-refractivity contribution in [2.24, 2.45) is 5.10 Å². The quantitative estimate of drug-likeness (QED) is 0.140. The Morgan fingerprint density at radius 1 is 1.18 bits per heavy atom. The first kappa shape index (κ1) is 28.1. The summed E-state index contributed by atoms with van der Waals surface area (Å²) in [5.41, 5.74) is 0.259. The lowest BCUT2D eigenvalue weighted by Gasteiger charge is -2.20. The maximum absolute atomic E-state index is 13.4. The number of fused-ring (bicyclic) bond motifs is 1. The van der Waals surface area contributed by atoms with E-state index in [1.165, 1.54) is 29.1 Å². The van der Waals surface area contributed by atoms with Crippen LogP contribution in [0.2, 0.25) is 0 Å². The molecule has 3 aromatic carbocycles. The molecule has 0 bridgehead atoms. The molecule has 4 aromatic rings. The highest BCUT2D eigenvalue weighted by Crippen LogP contribution is 2.37. The number of nitro groups is 1. The average molecular weight is 658 g/mol. The molecule has 1 aromatic heterocycles. The molecular weight excluding hydrogens is 636 g/mol. The fourth-order valence-corrected chi connectivity index (χ4v) is 4.71. The van der Waals surface area contributed by atoms with Crippen LogP contribution in [0.4, 0.5) is 5.69 Å². The number of carboxylic acids is 1. The fraction of sp³-hybridized carbons (Fsp3) is 0.185. The highest BCUT2D eigenvalue weighted by atomic mass is 79.9. The first-order valence-corrected chi connectivity index (χ1v) is 13.1. The van der Waals surface area contributed by atoms with Gasteiger partial charge in [0, 0.05) is 21.5 Å². The molecule has 39 heavy (non-hydrogen) atoms. The Morgan fingerprint density at radius 2 is 1.92 bits per heavy atom. The van der Waals surface area contributed by atoms with E-state index in [4.69, 9.17) is 4.74 Å². The van der Waals surface area contributed by atoms with Crippen LogP contribution < -0.4 is 10.3 Å². The molecule has 200 valence electrons. The minimum atomic E-state index is -1.09. The van der Waals surface area contributed by atoms with Gasteiger partial charge in [-0.2, -0.15) is 9.78 Å². The van der Waals surface area contributed by atoms with Gasteiger partial charge in [-0.25, -0.2) is 9.78 Å². The fourth-order valence-electron chi connectivity index (χ4n) is 3.77. The second-order valence-electron chi connectivity index (χ2n) is 9.61. The molecule has 0 aliphatic carbocycles. The molecule has 12 heteroatoms. The average Bonchev–Trinajstić information content (AvgIpc) is 2.87. The molecule has 4 rings (SSSR count). The van der Waals surface area contributed by atoms with Gasteiger partial charge in [0.15, 0.2) is 0 Å². The lowest BCUT2D eigenvalue weighted by Crippen LogP contribution is -2.29. The SMILES string of the molecule is CC(C)(C)c1nc2ccc(Br)cc2c(=O)n1N=Cc1cc(Br)c(OCc2cccc(C(=O)O)c2)c([N+](=O)[O-])c1. The second kappa shape index (κ2) is 11.1. The van der Waals surface area contributed by atoms with Crippen LogP contribution in [-0.4, -0.2) is 31.9 Å². The number of nitro benzene ring substituents is 1. The van der Waals surface area contributed by atoms with E-state index in [0.717, 1.165) is 4.47 Å². The van der Waals surface area contributed by atoms with E-state index >= 15 is 0 Å². The van der Waals surface area contributed by atoms with Crippen molar-refractivity contribution >= 4 is 60.6 Å². The summed E-state index contributed by atoms with van der Waals surface area (Å²) >= 11 is 6.71. The summed E-state index contributed by atoms with van der Waals surface area (Å²) in [5.74, 6) is -0.686. The van der Waals surface area contributed by atoms with Crippen LogP contribution in [0.15, 0.2) is 73.4 Å². The smallest absolute Gasteiger partial charge is 0.335 e. The number of rotatable bonds is 7. The third kappa shape index (κ3) is 6.23. The molecule has 0 aliphatic heterocycles. The first-order chi connectivity index (χ1) is 18.3. The zero-order chi connectivity index (χ0) is 28.5. The Balaban J connectivity index is 1.73. The summed E-state index contributed by atoms with van der Waals surface area (Å²) in [7, 11) is 0.